The van der Waals surface area contributed by atoms with Gasteiger partial charge in [-0.3, -0.25) is 0 Å². The van der Waals surface area contributed by atoms with Gasteiger partial charge in [0.2, 0.25) is 0 Å². The van der Waals surface area contributed by atoms with E-state index >= 15 is 0 Å². The van der Waals surface area contributed by atoms with Crippen LogP contribution in [-0.4, -0.2) is 80.6 Å². The van der Waals surface area contributed by atoms with Gasteiger partial charge in [-0.25, -0.2) is 0 Å². The van der Waals surface area contributed by atoms with Crippen LogP contribution in [0.2, 0.25) is 0 Å². The Morgan fingerprint density at radius 1 is 0.681 bits per heavy atom. The van der Waals surface area contributed by atoms with Crippen LogP contribution in [-0.2, 0) is 30.9 Å². The Kier molecular flexibility index (Phi) is 46.9. The molecule has 0 atom stereocenters. The van der Waals surface area contributed by atoms with E-state index in [1.807, 2.05) is 13.8 Å². The Hall–Kier alpha value is -4.13. The van der Waals surface area contributed by atoms with Crippen molar-refractivity contribution in [1.82, 2.24) is 0 Å². The number of hydrogen-bond acceptors (Lipinski definition) is 19. The van der Waals surface area contributed by atoms with E-state index < -0.39 is 15.3 Å². The van der Waals surface area contributed by atoms with Crippen molar-refractivity contribution >= 4 is 12.4 Å². The summed E-state index contributed by atoms with van der Waals surface area (Å²) in [6.45, 7) is 5.91. The van der Waals surface area contributed by atoms with Crippen LogP contribution in [0.4, 0.5) is 0 Å². The molecule has 1 N–H and O–H groups in total. The molecule has 0 spiro atoms. The first-order valence-electron chi connectivity index (χ1n) is 11.7. The number of aliphatic hydroxyl groups is 1. The quantitative estimate of drug-likeness (QED) is 0.109. The maximum atomic E-state index is 11.9. The third-order valence-corrected chi connectivity index (χ3v) is 3.67. The standard InChI is InChI=1S/C18H20N2O6.C4H10O.CH4O.Dy.3NO3.Ni/c1-23-15-7-3-5-13(17(15)21)11-19-25-9-10-26-20-12-14-6-4-8-16(24-2)18(14)22;1-3-5-4-2;1-2;;3*2-1(3)4;/h3-8,11-12,21-22H,9-10H2,1-2H3;3-4H2,1-2H3;2H,1H3;;;;;/q;;;+3;3*-1;+2/p-2/b19-11+,20-12+;;;;;;;. The molecule has 1 radical (unpaired) electrons. The van der Waals surface area contributed by atoms with E-state index in [9.17, 15) is 10.2 Å². The van der Waals surface area contributed by atoms with Crippen molar-refractivity contribution < 1.29 is 109 Å². The molecule has 0 aliphatic heterocycles. The monoisotopic (exact) mass is 872 g/mol. The molecule has 22 nitrogen and oxygen atoms in total. The summed E-state index contributed by atoms with van der Waals surface area (Å²) in [5.74, 6) is -0.0615. The molecule has 0 unspecified atom stereocenters. The van der Waals surface area contributed by atoms with Crippen molar-refractivity contribution in [2.75, 3.05) is 47.8 Å². The molecule has 2 rings (SSSR count). The molecule has 2 aromatic carbocycles. The number of oxime groups is 2. The fourth-order valence-corrected chi connectivity index (χ4v) is 2.16. The molecule has 0 saturated carbocycles. The normalized spacial score (nSPS) is 8.64. The summed E-state index contributed by atoms with van der Waals surface area (Å²) in [5.41, 5.74) is 0.702. The zero-order chi connectivity index (χ0) is 35.6. The smallest absolute Gasteiger partial charge is 0.870 e. The van der Waals surface area contributed by atoms with E-state index in [0.717, 1.165) is 20.3 Å². The van der Waals surface area contributed by atoms with Crippen molar-refractivity contribution in [3.05, 3.63) is 93.5 Å². The van der Waals surface area contributed by atoms with Crippen LogP contribution < -0.4 is 19.7 Å². The van der Waals surface area contributed by atoms with Crippen LogP contribution in [0.5, 0.6) is 23.0 Å². The minimum absolute atomic E-state index is 0. The fraction of sp³-hybridized carbons (Fsp3) is 0.391. The number of methoxy groups -OCH3 is 2. The van der Waals surface area contributed by atoms with E-state index in [0.29, 0.717) is 11.1 Å². The Balaban J connectivity index is -0.000000165. The van der Waals surface area contributed by atoms with Gasteiger partial charge in [0, 0.05) is 20.3 Å². The maximum absolute atomic E-state index is 11.9. The molecular weight excluding hydrogens is 839 g/mol. The number of ether oxygens (including phenoxy) is 3. The summed E-state index contributed by atoms with van der Waals surface area (Å²) in [7, 11) is 3.85. The van der Waals surface area contributed by atoms with E-state index in [4.69, 9.17) is 75.0 Å². The molecule has 0 aliphatic rings. The molecule has 47 heavy (non-hydrogen) atoms. The van der Waals surface area contributed by atoms with Gasteiger partial charge in [-0.2, -0.15) is 0 Å². The topological polar surface area (TPSA) is 336 Å². The molecule has 0 amide bonds. The number of rotatable bonds is 11. The fourth-order valence-electron chi connectivity index (χ4n) is 2.16. The van der Waals surface area contributed by atoms with Crippen LogP contribution in [0.1, 0.15) is 25.0 Å². The van der Waals surface area contributed by atoms with Crippen LogP contribution in [0.25, 0.3) is 0 Å². The molecule has 0 aliphatic carbocycles. The minimum atomic E-state index is -1.75. The molecule has 0 aromatic heterocycles. The summed E-state index contributed by atoms with van der Waals surface area (Å²) in [6, 6.07) is 9.72. The van der Waals surface area contributed by atoms with Crippen LogP contribution in [0.15, 0.2) is 46.7 Å². The number of aliphatic hydroxyl groups excluding tert-OH is 1. The zero-order valence-electron chi connectivity index (χ0n) is 25.3. The van der Waals surface area contributed by atoms with Gasteiger partial charge < -0.3 is 85.2 Å². The first-order valence-corrected chi connectivity index (χ1v) is 11.7. The Morgan fingerprint density at radius 3 is 1.17 bits per heavy atom. The van der Waals surface area contributed by atoms with Gasteiger partial charge in [-0.15, -0.1) is 0 Å². The van der Waals surface area contributed by atoms with Gasteiger partial charge in [0.05, 0.1) is 41.9 Å². The Morgan fingerprint density at radius 2 is 0.957 bits per heavy atom. The summed E-state index contributed by atoms with van der Waals surface area (Å²) < 4.78 is 14.7. The minimum Gasteiger partial charge on any atom is -0.870 e. The summed E-state index contributed by atoms with van der Waals surface area (Å²) >= 11 is 0. The Bertz CT molecular complexity index is 1030. The molecular formula is C23H32DyN5NiO17. The predicted octanol–water partition coefficient (Wildman–Crippen LogP) is 1.18. The maximum Gasteiger partial charge on any atom is 3.00 e. The number of nitrogens with zero attached hydrogens (tertiary/aromatic N) is 5. The first kappa shape index (κ1) is 55.3. The van der Waals surface area contributed by atoms with Gasteiger partial charge >= 0.3 is 54.7 Å². The number of benzene rings is 2. The van der Waals surface area contributed by atoms with Crippen LogP contribution >= 0.6 is 0 Å². The van der Waals surface area contributed by atoms with Gasteiger partial charge in [-0.1, -0.05) is 46.1 Å². The number of para-hydroxylation sites is 2. The number of hydrogen-bond donors (Lipinski definition) is 1. The van der Waals surface area contributed by atoms with Gasteiger partial charge in [0.25, 0.3) is 0 Å². The van der Waals surface area contributed by atoms with Gasteiger partial charge in [-0.05, 0) is 37.1 Å². The average Bonchev–Trinajstić information content (AvgIpc) is 2.97. The first-order chi connectivity index (χ1) is 21.3. The average molecular weight is 872 g/mol. The van der Waals surface area contributed by atoms with Crippen molar-refractivity contribution in [2.45, 2.75) is 13.8 Å². The van der Waals surface area contributed by atoms with E-state index in [2.05, 4.69) is 10.3 Å². The molecule has 271 valence electrons. The van der Waals surface area contributed by atoms with E-state index in [1.165, 1.54) is 26.6 Å². The van der Waals surface area contributed by atoms with Crippen molar-refractivity contribution in [1.29, 1.82) is 0 Å². The third-order valence-electron chi connectivity index (χ3n) is 3.67. The van der Waals surface area contributed by atoms with Crippen molar-refractivity contribution in [2.24, 2.45) is 10.3 Å². The summed E-state index contributed by atoms with van der Waals surface area (Å²) in [6.07, 6.45) is 2.60. The Labute approximate surface area is 308 Å². The van der Waals surface area contributed by atoms with Crippen LogP contribution in [0.3, 0.4) is 0 Å². The molecule has 0 heterocycles. The molecule has 24 heteroatoms. The van der Waals surface area contributed by atoms with Crippen molar-refractivity contribution in [3.63, 3.8) is 0 Å². The molecule has 0 saturated heterocycles. The largest absolute Gasteiger partial charge is 3.00 e. The second-order valence-corrected chi connectivity index (χ2v) is 6.35. The van der Waals surface area contributed by atoms with Gasteiger partial charge in [0.15, 0.2) is 13.2 Å². The zero-order valence-corrected chi connectivity index (χ0v) is 28.3. The molecule has 0 fully saturated rings. The summed E-state index contributed by atoms with van der Waals surface area (Å²) in [5, 5.41) is 82.4. The SMILES string of the molecule is CCOCC.CO.COc1cccc(/C=N/OCCO/N=C/c2cccc(OC)c2[O-])c1[O-].O=[N+]([O-])[O-].O=[N+]([O-])[O-].O=[N+]([O-])[O-].[Dy+3].[Ni+2]. The third kappa shape index (κ3) is 39.8. The van der Waals surface area contributed by atoms with E-state index in [-0.39, 0.29) is 90.9 Å². The van der Waals surface area contributed by atoms with Gasteiger partial charge in [0.1, 0.15) is 11.5 Å². The molecule has 2 aromatic rings. The van der Waals surface area contributed by atoms with Crippen molar-refractivity contribution in [3.8, 4) is 23.0 Å². The molecule has 0 bridgehead atoms. The predicted molar refractivity (Wildman–Crippen MR) is 153 cm³/mol. The second-order valence-electron chi connectivity index (χ2n) is 6.35. The summed E-state index contributed by atoms with van der Waals surface area (Å²) in [4.78, 5) is 34.7. The second kappa shape index (κ2) is 39.9. The van der Waals surface area contributed by atoms with E-state index in [1.54, 1.807) is 36.4 Å². The van der Waals surface area contributed by atoms with Crippen LogP contribution in [0, 0.1) is 84.1 Å².